The third kappa shape index (κ3) is 3.95. The lowest BCUT2D eigenvalue weighted by atomic mass is 9.97. The van der Waals surface area contributed by atoms with Gasteiger partial charge >= 0.3 is 0 Å². The molecule has 1 fully saturated rings. The molecule has 8 heteroatoms. The maximum absolute atomic E-state index is 12.9. The number of benzene rings is 2. The number of nitrogens with zero attached hydrogens (tertiary/aromatic N) is 2. The first-order valence-electron chi connectivity index (χ1n) is 11.1. The molecule has 2 aliphatic rings. The van der Waals surface area contributed by atoms with E-state index in [0.717, 1.165) is 54.6 Å². The summed E-state index contributed by atoms with van der Waals surface area (Å²) in [5.41, 5.74) is 8.78. The van der Waals surface area contributed by atoms with E-state index in [0.29, 0.717) is 11.5 Å². The van der Waals surface area contributed by atoms with Crippen LogP contribution in [0.3, 0.4) is 0 Å². The van der Waals surface area contributed by atoms with Gasteiger partial charge < -0.3 is 20.5 Å². The molecule has 3 aromatic rings. The van der Waals surface area contributed by atoms with Gasteiger partial charge in [-0.15, -0.1) is 0 Å². The van der Waals surface area contributed by atoms with Crippen molar-refractivity contribution in [2.45, 2.75) is 19.4 Å². The lowest BCUT2D eigenvalue weighted by molar-refractivity contribution is -0.123. The second-order valence-corrected chi connectivity index (χ2v) is 8.55. The molecule has 5 rings (SSSR count). The molecule has 168 valence electrons. The molecule has 0 aliphatic carbocycles. The molecule has 0 spiro atoms. The van der Waals surface area contributed by atoms with Gasteiger partial charge in [0.25, 0.3) is 11.8 Å². The van der Waals surface area contributed by atoms with Crippen molar-refractivity contribution in [2.75, 3.05) is 18.4 Å². The first-order valence-corrected chi connectivity index (χ1v) is 11.1. The number of carbonyl (C=O) groups is 2. The number of nitrogens with one attached hydrogen (secondary N) is 3. The maximum atomic E-state index is 12.9. The SMILES string of the molecule is N=C(N)N1CCC(Cn2cc(C3=C(Nc4ccccc4)C(=O)NC3=O)c3ccccc32)CC1. The van der Waals surface area contributed by atoms with Crippen LogP contribution in [-0.4, -0.2) is 40.3 Å². The molecule has 5 N–H and O–H groups in total. The van der Waals surface area contributed by atoms with Crippen LogP contribution in [0.4, 0.5) is 5.69 Å². The van der Waals surface area contributed by atoms with E-state index in [1.165, 1.54) is 0 Å². The molecular weight excluding hydrogens is 416 g/mol. The lowest BCUT2D eigenvalue weighted by Crippen LogP contribution is -2.42. The van der Waals surface area contributed by atoms with Gasteiger partial charge in [0.15, 0.2) is 5.96 Å². The topological polar surface area (TPSA) is 116 Å². The number of imide groups is 1. The average molecular weight is 443 g/mol. The number of fused-ring (bicyclic) bond motifs is 1. The summed E-state index contributed by atoms with van der Waals surface area (Å²) < 4.78 is 2.18. The number of carbonyl (C=O) groups excluding carboxylic acids is 2. The van der Waals surface area contributed by atoms with Crippen molar-refractivity contribution in [2.24, 2.45) is 11.7 Å². The van der Waals surface area contributed by atoms with Crippen LogP contribution in [0.15, 0.2) is 66.5 Å². The summed E-state index contributed by atoms with van der Waals surface area (Å²) in [7, 11) is 0. The number of amides is 2. The van der Waals surface area contributed by atoms with Crippen molar-refractivity contribution >= 4 is 39.9 Å². The Morgan fingerprint density at radius 3 is 2.45 bits per heavy atom. The molecule has 1 saturated heterocycles. The van der Waals surface area contributed by atoms with Crippen molar-refractivity contribution in [3.8, 4) is 0 Å². The number of hydrogen-bond acceptors (Lipinski definition) is 4. The number of nitrogens with two attached hydrogens (primary N) is 1. The molecule has 0 radical (unpaired) electrons. The van der Waals surface area contributed by atoms with Crippen LogP contribution in [-0.2, 0) is 16.1 Å². The fourth-order valence-electron chi connectivity index (χ4n) is 4.73. The average Bonchev–Trinajstić information content (AvgIpc) is 3.31. The van der Waals surface area contributed by atoms with Gasteiger partial charge in [0.1, 0.15) is 5.70 Å². The summed E-state index contributed by atoms with van der Waals surface area (Å²) >= 11 is 0. The van der Waals surface area contributed by atoms with Crippen LogP contribution in [0.1, 0.15) is 18.4 Å². The Labute approximate surface area is 191 Å². The van der Waals surface area contributed by atoms with Crippen LogP contribution >= 0.6 is 0 Å². The number of para-hydroxylation sites is 2. The zero-order valence-electron chi connectivity index (χ0n) is 18.2. The zero-order valence-corrected chi connectivity index (χ0v) is 18.2. The molecular formula is C25H26N6O2. The van der Waals surface area contributed by atoms with E-state index in [4.69, 9.17) is 11.1 Å². The monoisotopic (exact) mass is 442 g/mol. The normalized spacial score (nSPS) is 17.0. The highest BCUT2D eigenvalue weighted by Crippen LogP contribution is 2.33. The Hall–Kier alpha value is -4.07. The van der Waals surface area contributed by atoms with Crippen molar-refractivity contribution < 1.29 is 9.59 Å². The predicted octanol–water partition coefficient (Wildman–Crippen LogP) is 2.73. The summed E-state index contributed by atoms with van der Waals surface area (Å²) in [5.74, 6) is -0.243. The van der Waals surface area contributed by atoms with E-state index < -0.39 is 11.8 Å². The Morgan fingerprint density at radius 1 is 1.03 bits per heavy atom. The molecule has 33 heavy (non-hydrogen) atoms. The van der Waals surface area contributed by atoms with E-state index >= 15 is 0 Å². The van der Waals surface area contributed by atoms with Gasteiger partial charge in [-0.3, -0.25) is 20.3 Å². The van der Waals surface area contributed by atoms with E-state index in [1.54, 1.807) is 0 Å². The molecule has 2 aliphatic heterocycles. The molecule has 0 atom stereocenters. The number of anilines is 1. The minimum absolute atomic E-state index is 0.129. The second kappa shape index (κ2) is 8.46. The first-order chi connectivity index (χ1) is 16.0. The van der Waals surface area contributed by atoms with Crippen molar-refractivity contribution in [3.63, 3.8) is 0 Å². The minimum Gasteiger partial charge on any atom is -0.370 e. The fraction of sp³-hybridized carbons (Fsp3) is 0.240. The Kier molecular flexibility index (Phi) is 5.34. The van der Waals surface area contributed by atoms with Crippen LogP contribution in [0.2, 0.25) is 0 Å². The molecule has 3 heterocycles. The molecule has 1 aromatic heterocycles. The van der Waals surface area contributed by atoms with Gasteiger partial charge in [-0.2, -0.15) is 0 Å². The van der Waals surface area contributed by atoms with E-state index in [-0.39, 0.29) is 11.7 Å². The lowest BCUT2D eigenvalue weighted by Gasteiger charge is -2.32. The van der Waals surface area contributed by atoms with Crippen molar-refractivity contribution in [3.05, 3.63) is 72.1 Å². The molecule has 0 unspecified atom stereocenters. The Balaban J connectivity index is 1.51. The van der Waals surface area contributed by atoms with E-state index in [1.807, 2.05) is 65.7 Å². The summed E-state index contributed by atoms with van der Waals surface area (Å²) in [6.45, 7) is 2.36. The number of likely N-dealkylation sites (tertiary alicyclic amines) is 1. The number of rotatable bonds is 5. The number of hydrogen-bond donors (Lipinski definition) is 4. The van der Waals surface area contributed by atoms with Gasteiger partial charge in [-0.05, 0) is 37.0 Å². The Morgan fingerprint density at radius 2 is 1.73 bits per heavy atom. The van der Waals surface area contributed by atoms with Crippen LogP contribution in [0.5, 0.6) is 0 Å². The van der Waals surface area contributed by atoms with Gasteiger partial charge in [-0.25, -0.2) is 0 Å². The van der Waals surface area contributed by atoms with Gasteiger partial charge in [-0.1, -0.05) is 36.4 Å². The first kappa shape index (κ1) is 20.8. The molecule has 0 saturated carbocycles. The Bertz CT molecular complexity index is 1270. The minimum atomic E-state index is -0.424. The number of piperidine rings is 1. The summed E-state index contributed by atoms with van der Waals surface area (Å²) in [4.78, 5) is 27.4. The third-order valence-corrected chi connectivity index (χ3v) is 6.44. The summed E-state index contributed by atoms with van der Waals surface area (Å²) in [6, 6.07) is 17.3. The maximum Gasteiger partial charge on any atom is 0.275 e. The highest BCUT2D eigenvalue weighted by atomic mass is 16.2. The summed E-state index contributed by atoms with van der Waals surface area (Å²) in [5, 5.41) is 14.2. The second-order valence-electron chi connectivity index (χ2n) is 8.55. The smallest absolute Gasteiger partial charge is 0.275 e. The number of guanidine groups is 1. The molecule has 2 amide bonds. The number of aromatic nitrogens is 1. The molecule has 8 nitrogen and oxygen atoms in total. The van der Waals surface area contributed by atoms with Gasteiger partial charge in [0, 0.05) is 48.0 Å². The standard InChI is InChI=1S/C25H26N6O2/c26-25(27)30-12-10-16(11-13-30)14-31-15-19(18-8-4-5-9-20(18)31)21-22(24(33)29-23(21)32)28-17-6-2-1-3-7-17/h1-9,15-16H,10-14H2,(H3,26,27)(H2,28,29,32,33). The van der Waals surface area contributed by atoms with Crippen molar-refractivity contribution in [1.29, 1.82) is 5.41 Å². The fourth-order valence-corrected chi connectivity index (χ4v) is 4.73. The van der Waals surface area contributed by atoms with Crippen LogP contribution in [0.25, 0.3) is 16.5 Å². The van der Waals surface area contributed by atoms with Crippen molar-refractivity contribution in [1.82, 2.24) is 14.8 Å². The van der Waals surface area contributed by atoms with E-state index in [9.17, 15) is 9.59 Å². The highest BCUT2D eigenvalue weighted by molar-refractivity contribution is 6.38. The van der Waals surface area contributed by atoms with Gasteiger partial charge in [0.05, 0.1) is 5.57 Å². The van der Waals surface area contributed by atoms with Gasteiger partial charge in [0.2, 0.25) is 0 Å². The summed E-state index contributed by atoms with van der Waals surface area (Å²) in [6.07, 6.45) is 3.88. The highest BCUT2D eigenvalue weighted by Gasteiger charge is 2.33. The molecule has 0 bridgehead atoms. The van der Waals surface area contributed by atoms with E-state index in [2.05, 4.69) is 15.2 Å². The zero-order chi connectivity index (χ0) is 22.9. The largest absolute Gasteiger partial charge is 0.370 e. The third-order valence-electron chi connectivity index (χ3n) is 6.44. The van der Waals surface area contributed by atoms with Crippen LogP contribution < -0.4 is 16.4 Å². The van der Waals surface area contributed by atoms with Crippen LogP contribution in [0, 0.1) is 11.3 Å². The molecule has 2 aromatic carbocycles. The quantitative estimate of drug-likeness (QED) is 0.275. The predicted molar refractivity (Wildman–Crippen MR) is 128 cm³/mol.